The molecule has 0 bridgehead atoms. The lowest BCUT2D eigenvalue weighted by atomic mass is 10.1. The maximum atomic E-state index is 12.5. The molecule has 0 heterocycles. The van der Waals surface area contributed by atoms with Crippen LogP contribution in [0.1, 0.15) is 201 Å². The van der Waals surface area contributed by atoms with Crippen molar-refractivity contribution in [2.75, 3.05) is 39.3 Å². The van der Waals surface area contributed by atoms with E-state index in [2.05, 4.69) is 50.0 Å². The van der Waals surface area contributed by atoms with Gasteiger partial charge in [-0.1, -0.05) is 154 Å². The van der Waals surface area contributed by atoms with Gasteiger partial charge >= 0.3 is 5.97 Å². The number of hydroxylamine groups is 2. The lowest BCUT2D eigenvalue weighted by molar-refractivity contribution is -0.191. The van der Waals surface area contributed by atoms with Crippen LogP contribution in [0.25, 0.3) is 0 Å². The summed E-state index contributed by atoms with van der Waals surface area (Å²) >= 11 is 0. The molecule has 0 saturated heterocycles. The molecule has 0 saturated carbocycles. The van der Waals surface area contributed by atoms with Crippen LogP contribution in [0.4, 0.5) is 0 Å². The SMILES string of the molecule is CCCCC/C=C\C/C=C\CCCCCCCCN(CCO)CCCCCCCCCC(=O)ON(CCCCCC)CCCCCC. The van der Waals surface area contributed by atoms with Crippen molar-refractivity contribution >= 4 is 5.97 Å². The predicted molar refractivity (Wildman–Crippen MR) is 206 cm³/mol. The van der Waals surface area contributed by atoms with E-state index in [1.54, 1.807) is 0 Å². The molecule has 0 rings (SSSR count). The fourth-order valence-electron chi connectivity index (χ4n) is 6.11. The Hall–Kier alpha value is -1.17. The molecule has 5 heteroatoms. The van der Waals surface area contributed by atoms with Gasteiger partial charge in [0.05, 0.1) is 6.61 Å². The summed E-state index contributed by atoms with van der Waals surface area (Å²) in [5.74, 6) is -0.0419. The summed E-state index contributed by atoms with van der Waals surface area (Å²) in [5, 5.41) is 11.5. The summed E-state index contributed by atoms with van der Waals surface area (Å²) in [7, 11) is 0. The van der Waals surface area contributed by atoms with E-state index >= 15 is 0 Å². The van der Waals surface area contributed by atoms with Crippen molar-refractivity contribution in [3.63, 3.8) is 0 Å². The Labute approximate surface area is 294 Å². The smallest absolute Gasteiger partial charge is 0.325 e. The second-order valence-corrected chi connectivity index (χ2v) is 13.9. The van der Waals surface area contributed by atoms with Gasteiger partial charge in [-0.15, -0.1) is 5.06 Å². The molecule has 278 valence electrons. The van der Waals surface area contributed by atoms with Gasteiger partial charge in [-0.2, -0.15) is 0 Å². The number of hydrogen-bond acceptors (Lipinski definition) is 5. The third-order valence-corrected chi connectivity index (χ3v) is 9.20. The molecule has 1 N–H and O–H groups in total. The van der Waals surface area contributed by atoms with Crippen LogP contribution in [0.5, 0.6) is 0 Å². The van der Waals surface area contributed by atoms with Crippen LogP contribution < -0.4 is 0 Å². The summed E-state index contributed by atoms with van der Waals surface area (Å²) in [4.78, 5) is 20.7. The molecule has 0 radical (unpaired) electrons. The normalized spacial score (nSPS) is 12.0. The van der Waals surface area contributed by atoms with Crippen LogP contribution in [0, 0.1) is 0 Å². The summed E-state index contributed by atoms with van der Waals surface area (Å²) in [6, 6.07) is 0. The number of carbonyl (C=O) groups is 1. The molecular formula is C42H82N2O3. The van der Waals surface area contributed by atoms with Crippen LogP contribution in [-0.4, -0.2) is 60.4 Å². The Morgan fingerprint density at radius 3 is 1.40 bits per heavy atom. The molecule has 0 aromatic heterocycles. The zero-order chi connectivity index (χ0) is 34.3. The molecule has 0 amide bonds. The summed E-state index contributed by atoms with van der Waals surface area (Å²) in [5.41, 5.74) is 0. The molecule has 0 atom stereocenters. The minimum absolute atomic E-state index is 0.0419. The first-order valence-electron chi connectivity index (χ1n) is 20.8. The minimum Gasteiger partial charge on any atom is -0.395 e. The third kappa shape index (κ3) is 35.9. The van der Waals surface area contributed by atoms with Crippen molar-refractivity contribution in [3.05, 3.63) is 24.3 Å². The zero-order valence-electron chi connectivity index (χ0n) is 32.0. The van der Waals surface area contributed by atoms with Crippen LogP contribution >= 0.6 is 0 Å². The average molecular weight is 663 g/mol. The Bertz CT molecular complexity index is 669. The number of aliphatic hydroxyl groups excluding tert-OH is 1. The number of aliphatic hydroxyl groups is 1. The molecule has 0 aliphatic rings. The van der Waals surface area contributed by atoms with Gasteiger partial charge < -0.3 is 14.8 Å². The average Bonchev–Trinajstić information content (AvgIpc) is 3.07. The molecule has 0 fully saturated rings. The van der Waals surface area contributed by atoms with Gasteiger partial charge in [0.2, 0.25) is 0 Å². The maximum absolute atomic E-state index is 12.5. The predicted octanol–water partition coefficient (Wildman–Crippen LogP) is 12.1. The van der Waals surface area contributed by atoms with Crippen molar-refractivity contribution in [1.29, 1.82) is 0 Å². The quantitative estimate of drug-likeness (QED) is 0.0405. The molecule has 0 aliphatic heterocycles. The summed E-state index contributed by atoms with van der Waals surface area (Å²) < 4.78 is 0. The molecule has 0 unspecified atom stereocenters. The van der Waals surface area contributed by atoms with Crippen LogP contribution in [0.2, 0.25) is 0 Å². The summed E-state index contributed by atoms with van der Waals surface area (Å²) in [6.45, 7) is 11.8. The highest BCUT2D eigenvalue weighted by atomic mass is 16.7. The molecule has 47 heavy (non-hydrogen) atoms. The van der Waals surface area contributed by atoms with Crippen LogP contribution in [0.3, 0.4) is 0 Å². The van der Waals surface area contributed by atoms with E-state index in [9.17, 15) is 9.90 Å². The fraction of sp³-hybridized carbons (Fsp3) is 0.881. The topological polar surface area (TPSA) is 53.0 Å². The number of carbonyl (C=O) groups excluding carboxylic acids is 1. The first kappa shape index (κ1) is 45.8. The van der Waals surface area contributed by atoms with Crippen molar-refractivity contribution in [1.82, 2.24) is 9.96 Å². The molecule has 5 nitrogen and oxygen atoms in total. The van der Waals surface area contributed by atoms with E-state index < -0.39 is 0 Å². The molecule has 0 aromatic rings. The number of unbranched alkanes of at least 4 members (excludes halogenated alkanes) is 21. The fourth-order valence-corrected chi connectivity index (χ4v) is 6.11. The summed E-state index contributed by atoms with van der Waals surface area (Å²) in [6.07, 6.45) is 43.3. The highest BCUT2D eigenvalue weighted by Crippen LogP contribution is 2.13. The number of allylic oxidation sites excluding steroid dienone is 4. The van der Waals surface area contributed by atoms with Gasteiger partial charge in [0.1, 0.15) is 0 Å². The third-order valence-electron chi connectivity index (χ3n) is 9.20. The molecule has 0 aromatic carbocycles. The van der Waals surface area contributed by atoms with Gasteiger partial charge in [-0.3, -0.25) is 4.79 Å². The van der Waals surface area contributed by atoms with E-state index in [1.807, 2.05) is 5.06 Å². The number of hydrogen-bond donors (Lipinski definition) is 1. The van der Waals surface area contributed by atoms with Crippen molar-refractivity contribution in [2.45, 2.75) is 201 Å². The van der Waals surface area contributed by atoms with Gasteiger partial charge in [0.25, 0.3) is 0 Å². The molecule has 0 spiro atoms. The second kappa shape index (κ2) is 39.3. The molecule has 0 aliphatic carbocycles. The highest BCUT2D eigenvalue weighted by Gasteiger charge is 2.11. The van der Waals surface area contributed by atoms with Crippen LogP contribution in [0.15, 0.2) is 24.3 Å². The Morgan fingerprint density at radius 1 is 0.489 bits per heavy atom. The van der Waals surface area contributed by atoms with E-state index in [-0.39, 0.29) is 12.6 Å². The first-order chi connectivity index (χ1) is 23.2. The number of rotatable bonds is 38. The van der Waals surface area contributed by atoms with Gasteiger partial charge in [0, 0.05) is 26.1 Å². The van der Waals surface area contributed by atoms with Gasteiger partial charge in [-0.25, -0.2) is 0 Å². The maximum Gasteiger partial charge on any atom is 0.325 e. The van der Waals surface area contributed by atoms with E-state index in [0.29, 0.717) is 6.42 Å². The Morgan fingerprint density at radius 2 is 0.894 bits per heavy atom. The largest absolute Gasteiger partial charge is 0.395 e. The first-order valence-corrected chi connectivity index (χ1v) is 20.8. The van der Waals surface area contributed by atoms with Crippen molar-refractivity contribution in [3.8, 4) is 0 Å². The van der Waals surface area contributed by atoms with Crippen molar-refractivity contribution in [2.24, 2.45) is 0 Å². The monoisotopic (exact) mass is 663 g/mol. The minimum atomic E-state index is -0.0419. The van der Waals surface area contributed by atoms with Gasteiger partial charge in [0.15, 0.2) is 0 Å². The van der Waals surface area contributed by atoms with E-state index in [4.69, 9.17) is 4.84 Å². The standard InChI is InChI=1S/C42H82N2O3/c1-4-7-10-13-14-15-16-17-18-19-20-21-22-25-28-31-36-43(40-41-45)37-32-29-26-23-24-27-30-35-42(46)47-44(38-33-11-8-5-2)39-34-12-9-6-3/h14-15,17-18,45H,4-13,16,19-41H2,1-3H3/b15-14-,18-17-. The van der Waals surface area contributed by atoms with Gasteiger partial charge in [-0.05, 0) is 77.3 Å². The van der Waals surface area contributed by atoms with Crippen molar-refractivity contribution < 1.29 is 14.7 Å². The Balaban J connectivity index is 3.77. The lowest BCUT2D eigenvalue weighted by Crippen LogP contribution is -2.29. The van der Waals surface area contributed by atoms with E-state index in [1.165, 1.54) is 141 Å². The molecular weight excluding hydrogens is 580 g/mol. The van der Waals surface area contributed by atoms with Crippen LogP contribution in [-0.2, 0) is 9.63 Å². The zero-order valence-corrected chi connectivity index (χ0v) is 32.0. The lowest BCUT2D eigenvalue weighted by Gasteiger charge is -2.21. The number of nitrogens with zero attached hydrogens (tertiary/aromatic N) is 2. The highest BCUT2D eigenvalue weighted by molar-refractivity contribution is 5.68. The second-order valence-electron chi connectivity index (χ2n) is 13.9. The van der Waals surface area contributed by atoms with E-state index in [0.717, 1.165) is 64.8 Å². The Kier molecular flexibility index (Phi) is 38.3.